The van der Waals surface area contributed by atoms with Crippen molar-refractivity contribution in [1.29, 1.82) is 0 Å². The van der Waals surface area contributed by atoms with Gasteiger partial charge < -0.3 is 9.80 Å². The highest BCUT2D eigenvalue weighted by Gasteiger charge is 2.38. The Morgan fingerprint density at radius 2 is 1.69 bits per heavy atom. The SMILES string of the molecule is CC(=O)N(c1ccccc1)[C@@H]1C[C@H](C)N(C(=O)c2ccc3nonc3c2)c2ccccc21. The van der Waals surface area contributed by atoms with Crippen molar-refractivity contribution in [2.24, 2.45) is 0 Å². The molecule has 0 aliphatic carbocycles. The van der Waals surface area contributed by atoms with E-state index in [0.29, 0.717) is 23.0 Å². The maximum absolute atomic E-state index is 13.6. The summed E-state index contributed by atoms with van der Waals surface area (Å²) in [5.74, 6) is -0.158. The van der Waals surface area contributed by atoms with E-state index >= 15 is 0 Å². The predicted molar refractivity (Wildman–Crippen MR) is 121 cm³/mol. The molecule has 0 saturated carbocycles. The Labute approximate surface area is 185 Å². The summed E-state index contributed by atoms with van der Waals surface area (Å²) in [6.07, 6.45) is 0.616. The van der Waals surface area contributed by atoms with Gasteiger partial charge in [-0.15, -0.1) is 0 Å². The molecule has 160 valence electrons. The molecule has 0 saturated heterocycles. The summed E-state index contributed by atoms with van der Waals surface area (Å²) in [4.78, 5) is 29.9. The van der Waals surface area contributed by atoms with Crippen LogP contribution in [-0.4, -0.2) is 28.2 Å². The van der Waals surface area contributed by atoms with Crippen molar-refractivity contribution in [1.82, 2.24) is 10.3 Å². The highest BCUT2D eigenvalue weighted by molar-refractivity contribution is 6.09. The quantitative estimate of drug-likeness (QED) is 0.472. The van der Waals surface area contributed by atoms with Crippen molar-refractivity contribution >= 4 is 34.2 Å². The van der Waals surface area contributed by atoms with E-state index in [1.54, 1.807) is 25.1 Å². The number of anilines is 2. The Morgan fingerprint density at radius 3 is 2.47 bits per heavy atom. The standard InChI is InChI=1S/C25H22N4O3/c1-16-14-24(29(17(2)30)19-8-4-3-5-9-19)20-10-6-7-11-23(20)28(16)25(31)18-12-13-21-22(15-18)27-32-26-21/h3-13,15-16,24H,14H2,1-2H3/t16-,24+/m0/s1. The van der Waals surface area contributed by atoms with E-state index in [1.165, 1.54) is 0 Å². The van der Waals surface area contributed by atoms with Gasteiger partial charge in [0.25, 0.3) is 5.91 Å². The van der Waals surface area contributed by atoms with Crippen molar-refractivity contribution < 1.29 is 14.2 Å². The zero-order valence-corrected chi connectivity index (χ0v) is 17.8. The van der Waals surface area contributed by atoms with Gasteiger partial charge in [-0.1, -0.05) is 36.4 Å². The van der Waals surface area contributed by atoms with Gasteiger partial charge >= 0.3 is 0 Å². The first kappa shape index (κ1) is 19.9. The third-order valence-corrected chi connectivity index (χ3v) is 5.97. The normalized spacial score (nSPS) is 17.8. The summed E-state index contributed by atoms with van der Waals surface area (Å²) < 4.78 is 4.77. The molecule has 1 aliphatic rings. The molecule has 0 bridgehead atoms. The monoisotopic (exact) mass is 426 g/mol. The third-order valence-electron chi connectivity index (χ3n) is 5.97. The van der Waals surface area contributed by atoms with Crippen LogP contribution in [-0.2, 0) is 4.79 Å². The molecule has 4 aromatic rings. The molecule has 0 fully saturated rings. The van der Waals surface area contributed by atoms with Crippen molar-refractivity contribution in [3.63, 3.8) is 0 Å². The lowest BCUT2D eigenvalue weighted by Gasteiger charge is -2.43. The molecule has 0 N–H and O–H groups in total. The molecular weight excluding hydrogens is 404 g/mol. The maximum atomic E-state index is 13.6. The second-order valence-electron chi connectivity index (χ2n) is 8.03. The number of para-hydroxylation sites is 2. The van der Waals surface area contributed by atoms with E-state index in [4.69, 9.17) is 4.63 Å². The number of hydrogen-bond acceptors (Lipinski definition) is 5. The van der Waals surface area contributed by atoms with Gasteiger partial charge in [-0.05, 0) is 65.6 Å². The summed E-state index contributed by atoms with van der Waals surface area (Å²) >= 11 is 0. The van der Waals surface area contributed by atoms with Gasteiger partial charge in [0.1, 0.15) is 11.0 Å². The zero-order valence-electron chi connectivity index (χ0n) is 17.8. The number of benzene rings is 3. The van der Waals surface area contributed by atoms with Gasteiger partial charge in [0.05, 0.1) is 6.04 Å². The number of amides is 2. The van der Waals surface area contributed by atoms with Crippen molar-refractivity contribution in [3.05, 3.63) is 83.9 Å². The average Bonchev–Trinajstić information content (AvgIpc) is 3.27. The molecule has 7 nitrogen and oxygen atoms in total. The van der Waals surface area contributed by atoms with Crippen LogP contribution in [0.25, 0.3) is 11.0 Å². The fraction of sp³-hybridized carbons (Fsp3) is 0.200. The largest absolute Gasteiger partial charge is 0.305 e. The highest BCUT2D eigenvalue weighted by Crippen LogP contribution is 2.42. The number of carbonyl (C=O) groups is 2. The predicted octanol–water partition coefficient (Wildman–Crippen LogP) is 4.76. The minimum atomic E-state index is -0.174. The molecular formula is C25H22N4O3. The molecule has 0 unspecified atom stereocenters. The van der Waals surface area contributed by atoms with Crippen LogP contribution in [0, 0.1) is 0 Å². The zero-order chi connectivity index (χ0) is 22.2. The third kappa shape index (κ3) is 3.32. The summed E-state index contributed by atoms with van der Waals surface area (Å²) in [6, 6.07) is 22.3. The molecule has 0 spiro atoms. The number of carbonyl (C=O) groups excluding carboxylic acids is 2. The Morgan fingerprint density at radius 1 is 0.969 bits per heavy atom. The molecule has 0 radical (unpaired) electrons. The van der Waals surface area contributed by atoms with Gasteiger partial charge in [0.2, 0.25) is 5.91 Å². The number of fused-ring (bicyclic) bond motifs is 2. The van der Waals surface area contributed by atoms with E-state index in [1.807, 2.05) is 71.3 Å². The number of hydrogen-bond donors (Lipinski definition) is 0. The average molecular weight is 426 g/mol. The molecule has 32 heavy (non-hydrogen) atoms. The first-order chi connectivity index (χ1) is 15.5. The van der Waals surface area contributed by atoms with Gasteiger partial charge in [0.15, 0.2) is 0 Å². The number of nitrogens with zero attached hydrogens (tertiary/aromatic N) is 4. The van der Waals surface area contributed by atoms with E-state index in [2.05, 4.69) is 10.3 Å². The lowest BCUT2D eigenvalue weighted by molar-refractivity contribution is -0.117. The molecule has 3 aromatic carbocycles. The van der Waals surface area contributed by atoms with Crippen LogP contribution < -0.4 is 9.80 Å². The van der Waals surface area contributed by atoms with Crippen LogP contribution in [0.5, 0.6) is 0 Å². The lowest BCUT2D eigenvalue weighted by Crippen LogP contribution is -2.47. The summed E-state index contributed by atoms with van der Waals surface area (Å²) in [5.41, 5.74) is 4.26. The highest BCUT2D eigenvalue weighted by atomic mass is 16.6. The van der Waals surface area contributed by atoms with E-state index < -0.39 is 0 Å². The second-order valence-corrected chi connectivity index (χ2v) is 8.03. The Hall–Kier alpha value is -4.00. The van der Waals surface area contributed by atoms with Gasteiger partial charge in [-0.25, -0.2) is 4.63 Å². The molecule has 1 aromatic heterocycles. The summed E-state index contributed by atoms with van der Waals surface area (Å²) in [7, 11) is 0. The molecule has 1 aliphatic heterocycles. The summed E-state index contributed by atoms with van der Waals surface area (Å²) in [6.45, 7) is 3.60. The Balaban J connectivity index is 1.57. The molecule has 2 heterocycles. The van der Waals surface area contributed by atoms with Crippen LogP contribution in [0.4, 0.5) is 11.4 Å². The van der Waals surface area contributed by atoms with Gasteiger partial charge in [-0.3, -0.25) is 9.59 Å². The maximum Gasteiger partial charge on any atom is 0.258 e. The van der Waals surface area contributed by atoms with Crippen LogP contribution >= 0.6 is 0 Å². The van der Waals surface area contributed by atoms with E-state index in [9.17, 15) is 9.59 Å². The summed E-state index contributed by atoms with van der Waals surface area (Å²) in [5, 5.41) is 7.67. The van der Waals surface area contributed by atoms with Crippen LogP contribution in [0.1, 0.15) is 42.2 Å². The number of aromatic nitrogens is 2. The Bertz CT molecular complexity index is 1300. The van der Waals surface area contributed by atoms with Gasteiger partial charge in [-0.2, -0.15) is 0 Å². The Kier molecular flexibility index (Phi) is 4.93. The lowest BCUT2D eigenvalue weighted by atomic mass is 9.89. The number of rotatable bonds is 3. The smallest absolute Gasteiger partial charge is 0.258 e. The van der Waals surface area contributed by atoms with E-state index in [0.717, 1.165) is 16.9 Å². The molecule has 2 amide bonds. The molecule has 7 heteroatoms. The topological polar surface area (TPSA) is 79.5 Å². The van der Waals surface area contributed by atoms with E-state index in [-0.39, 0.29) is 23.9 Å². The minimum absolute atomic E-state index is 0.0352. The molecule has 2 atom stereocenters. The fourth-order valence-electron chi connectivity index (χ4n) is 4.56. The van der Waals surface area contributed by atoms with Crippen molar-refractivity contribution in [2.75, 3.05) is 9.80 Å². The minimum Gasteiger partial charge on any atom is -0.305 e. The molecule has 5 rings (SSSR count). The van der Waals surface area contributed by atoms with Crippen LogP contribution in [0.3, 0.4) is 0 Å². The van der Waals surface area contributed by atoms with Crippen molar-refractivity contribution in [2.45, 2.75) is 32.4 Å². The van der Waals surface area contributed by atoms with Gasteiger partial charge in [0, 0.05) is 29.9 Å². The van der Waals surface area contributed by atoms with Crippen LogP contribution in [0.2, 0.25) is 0 Å². The first-order valence-corrected chi connectivity index (χ1v) is 10.5. The van der Waals surface area contributed by atoms with Crippen LogP contribution in [0.15, 0.2) is 77.4 Å². The fourth-order valence-corrected chi connectivity index (χ4v) is 4.56. The van der Waals surface area contributed by atoms with Crippen molar-refractivity contribution in [3.8, 4) is 0 Å². The first-order valence-electron chi connectivity index (χ1n) is 10.5. The second kappa shape index (κ2) is 7.92.